The van der Waals surface area contributed by atoms with E-state index < -0.39 is 0 Å². The minimum Gasteiger partial charge on any atom is -0.313 e. The van der Waals surface area contributed by atoms with Crippen molar-refractivity contribution in [2.24, 2.45) is 5.41 Å². The zero-order chi connectivity index (χ0) is 12.4. The van der Waals surface area contributed by atoms with Crippen LogP contribution in [0.4, 0.5) is 0 Å². The summed E-state index contributed by atoms with van der Waals surface area (Å²) in [5, 5.41) is 12.4. The molecule has 0 aromatic heterocycles. The Hall–Kier alpha value is -0.200. The average molecular weight is 242 g/mol. The molecule has 0 aromatic carbocycles. The van der Waals surface area contributed by atoms with Gasteiger partial charge in [0.15, 0.2) is 0 Å². The molecule has 2 nitrogen and oxygen atoms in total. The van der Waals surface area contributed by atoms with Gasteiger partial charge >= 0.3 is 0 Å². The Balaban J connectivity index is 3.37. The smallest absolute Gasteiger partial charge is 0.0683 e. The van der Waals surface area contributed by atoms with Gasteiger partial charge in [-0.1, -0.05) is 13.3 Å². The van der Waals surface area contributed by atoms with Gasteiger partial charge in [0.2, 0.25) is 0 Å². The first kappa shape index (κ1) is 15.8. The molecule has 0 aliphatic heterocycles. The third kappa shape index (κ3) is 9.06. The molecule has 3 heteroatoms. The molecule has 0 bridgehead atoms. The van der Waals surface area contributed by atoms with E-state index >= 15 is 0 Å². The monoisotopic (exact) mass is 242 g/mol. The molecule has 0 amide bonds. The molecule has 0 aliphatic rings. The van der Waals surface area contributed by atoms with Crippen LogP contribution in [0.3, 0.4) is 0 Å². The number of hydrogen-bond acceptors (Lipinski definition) is 3. The number of hydrogen-bond donors (Lipinski definition) is 1. The zero-order valence-corrected chi connectivity index (χ0v) is 12.0. The topological polar surface area (TPSA) is 35.8 Å². The lowest BCUT2D eigenvalue weighted by molar-refractivity contribution is 0.419. The minimum atomic E-state index is -0.149. The van der Waals surface area contributed by atoms with Crippen LogP contribution in [-0.2, 0) is 0 Å². The molecule has 0 radical (unpaired) electrons. The highest BCUT2D eigenvalue weighted by atomic mass is 32.2. The lowest BCUT2D eigenvalue weighted by Gasteiger charge is -2.16. The fourth-order valence-electron chi connectivity index (χ4n) is 1.45. The number of nitriles is 1. The second-order valence-electron chi connectivity index (χ2n) is 4.97. The second-order valence-corrected chi connectivity index (χ2v) is 6.29. The van der Waals surface area contributed by atoms with Gasteiger partial charge in [-0.2, -0.15) is 17.0 Å². The molecule has 0 heterocycles. The first-order valence-electron chi connectivity index (χ1n) is 6.24. The van der Waals surface area contributed by atoms with E-state index in [-0.39, 0.29) is 5.41 Å². The molecule has 0 aromatic rings. The van der Waals surface area contributed by atoms with E-state index in [1.807, 2.05) is 25.6 Å². The maximum Gasteiger partial charge on any atom is 0.0683 e. The summed E-state index contributed by atoms with van der Waals surface area (Å²) in [5.74, 6) is 2.39. The maximum atomic E-state index is 8.87. The standard InChI is InChI=1S/C13H26N2S/c1-5-16-10-12(2)15-9-7-6-8-13(3,4)11-14/h12,15H,5-10H2,1-4H3. The fourth-order valence-corrected chi connectivity index (χ4v) is 2.16. The van der Waals surface area contributed by atoms with Gasteiger partial charge in [-0.25, -0.2) is 0 Å². The Labute approximate surface area is 105 Å². The van der Waals surface area contributed by atoms with Crippen LogP contribution in [0.2, 0.25) is 0 Å². The third-order valence-corrected chi connectivity index (χ3v) is 3.74. The Morgan fingerprint density at radius 1 is 1.38 bits per heavy atom. The van der Waals surface area contributed by atoms with Gasteiger partial charge in [0.25, 0.3) is 0 Å². The Morgan fingerprint density at radius 3 is 2.62 bits per heavy atom. The van der Waals surface area contributed by atoms with Gasteiger partial charge in [-0.3, -0.25) is 0 Å². The third-order valence-electron chi connectivity index (χ3n) is 2.60. The van der Waals surface area contributed by atoms with Crippen LogP contribution in [0.15, 0.2) is 0 Å². The molecule has 1 atom stereocenters. The van der Waals surface area contributed by atoms with Gasteiger partial charge < -0.3 is 5.32 Å². The molecule has 16 heavy (non-hydrogen) atoms. The van der Waals surface area contributed by atoms with Crippen LogP contribution < -0.4 is 5.32 Å². The van der Waals surface area contributed by atoms with Crippen molar-refractivity contribution in [3.05, 3.63) is 0 Å². The van der Waals surface area contributed by atoms with Gasteiger partial charge in [0.1, 0.15) is 0 Å². The van der Waals surface area contributed by atoms with Gasteiger partial charge in [0.05, 0.1) is 11.5 Å². The summed E-state index contributed by atoms with van der Waals surface area (Å²) in [6.07, 6.45) is 3.32. The summed E-state index contributed by atoms with van der Waals surface area (Å²) in [6.45, 7) is 9.54. The number of rotatable bonds is 9. The first-order chi connectivity index (χ1) is 7.52. The summed E-state index contributed by atoms with van der Waals surface area (Å²) in [6, 6.07) is 2.95. The van der Waals surface area contributed by atoms with E-state index in [2.05, 4.69) is 25.2 Å². The van der Waals surface area contributed by atoms with Crippen LogP contribution >= 0.6 is 11.8 Å². The fraction of sp³-hybridized carbons (Fsp3) is 0.923. The largest absolute Gasteiger partial charge is 0.313 e. The molecular formula is C13H26N2S. The van der Waals surface area contributed by atoms with E-state index in [9.17, 15) is 0 Å². The Kier molecular flexibility index (Phi) is 8.78. The number of nitrogens with one attached hydrogen (secondary N) is 1. The van der Waals surface area contributed by atoms with E-state index in [0.717, 1.165) is 19.4 Å². The van der Waals surface area contributed by atoms with Crippen molar-refractivity contribution in [2.75, 3.05) is 18.1 Å². The predicted molar refractivity (Wildman–Crippen MR) is 73.7 cm³/mol. The molecule has 0 saturated heterocycles. The van der Waals surface area contributed by atoms with Gasteiger partial charge in [-0.15, -0.1) is 0 Å². The van der Waals surface area contributed by atoms with Crippen LogP contribution in [0.5, 0.6) is 0 Å². The summed E-state index contributed by atoms with van der Waals surface area (Å²) in [5.41, 5.74) is -0.149. The summed E-state index contributed by atoms with van der Waals surface area (Å²) in [7, 11) is 0. The molecule has 1 N–H and O–H groups in total. The van der Waals surface area contributed by atoms with Crippen molar-refractivity contribution >= 4 is 11.8 Å². The number of nitrogens with zero attached hydrogens (tertiary/aromatic N) is 1. The Morgan fingerprint density at radius 2 is 2.06 bits per heavy atom. The average Bonchev–Trinajstić information content (AvgIpc) is 2.25. The first-order valence-corrected chi connectivity index (χ1v) is 7.39. The summed E-state index contributed by atoms with van der Waals surface area (Å²) < 4.78 is 0. The van der Waals surface area contributed by atoms with Crippen LogP contribution in [-0.4, -0.2) is 24.1 Å². The Bertz CT molecular complexity index is 208. The van der Waals surface area contributed by atoms with E-state index in [0.29, 0.717) is 6.04 Å². The molecule has 1 unspecified atom stereocenters. The van der Waals surface area contributed by atoms with Crippen LogP contribution in [0, 0.1) is 16.7 Å². The minimum absolute atomic E-state index is 0.149. The SMILES string of the molecule is CCSCC(C)NCCCCC(C)(C)C#N. The molecule has 0 aliphatic carbocycles. The normalized spacial score (nSPS) is 13.4. The van der Waals surface area contributed by atoms with Crippen molar-refractivity contribution in [3.63, 3.8) is 0 Å². The number of unbranched alkanes of at least 4 members (excludes halogenated alkanes) is 1. The zero-order valence-electron chi connectivity index (χ0n) is 11.2. The molecule has 0 rings (SSSR count). The second kappa shape index (κ2) is 8.90. The van der Waals surface area contributed by atoms with E-state index in [4.69, 9.17) is 5.26 Å². The summed E-state index contributed by atoms with van der Waals surface area (Å²) >= 11 is 1.98. The molecule has 0 fully saturated rings. The van der Waals surface area contributed by atoms with E-state index in [1.54, 1.807) is 0 Å². The highest BCUT2D eigenvalue weighted by Gasteiger charge is 2.15. The quantitative estimate of drug-likeness (QED) is 0.629. The lowest BCUT2D eigenvalue weighted by Crippen LogP contribution is -2.29. The summed E-state index contributed by atoms with van der Waals surface area (Å²) in [4.78, 5) is 0. The number of thioether (sulfide) groups is 1. The molecular weight excluding hydrogens is 216 g/mol. The highest BCUT2D eigenvalue weighted by Crippen LogP contribution is 2.21. The molecule has 94 valence electrons. The van der Waals surface area contributed by atoms with Crippen molar-refractivity contribution < 1.29 is 0 Å². The van der Waals surface area contributed by atoms with Crippen LogP contribution in [0.25, 0.3) is 0 Å². The van der Waals surface area contributed by atoms with Crippen molar-refractivity contribution in [2.45, 2.75) is 53.0 Å². The van der Waals surface area contributed by atoms with Crippen LogP contribution in [0.1, 0.15) is 47.0 Å². The maximum absolute atomic E-state index is 8.87. The van der Waals surface area contributed by atoms with Crippen molar-refractivity contribution in [1.82, 2.24) is 5.32 Å². The van der Waals surface area contributed by atoms with Gasteiger partial charge in [0, 0.05) is 11.8 Å². The highest BCUT2D eigenvalue weighted by molar-refractivity contribution is 7.99. The lowest BCUT2D eigenvalue weighted by atomic mass is 9.89. The van der Waals surface area contributed by atoms with Gasteiger partial charge in [-0.05, 0) is 45.9 Å². The van der Waals surface area contributed by atoms with Crippen molar-refractivity contribution in [1.29, 1.82) is 5.26 Å². The van der Waals surface area contributed by atoms with E-state index in [1.165, 1.54) is 17.9 Å². The van der Waals surface area contributed by atoms with Crippen molar-refractivity contribution in [3.8, 4) is 6.07 Å². The molecule has 0 saturated carbocycles. The molecule has 0 spiro atoms. The predicted octanol–water partition coefficient (Wildman–Crippen LogP) is 3.44.